The summed E-state index contributed by atoms with van der Waals surface area (Å²) in [5.41, 5.74) is 6.68. The van der Waals surface area contributed by atoms with Gasteiger partial charge in [0.25, 0.3) is 6.47 Å². The highest BCUT2D eigenvalue weighted by atomic mass is 35.5. The molecular formula is C39H45ClN6O5S. The fourth-order valence-electron chi connectivity index (χ4n) is 5.24. The van der Waals surface area contributed by atoms with Crippen LogP contribution in [0, 0.1) is 24.7 Å². The summed E-state index contributed by atoms with van der Waals surface area (Å²) in [6.45, 7) is 11.1. The van der Waals surface area contributed by atoms with Crippen molar-refractivity contribution in [3.05, 3.63) is 111 Å². The molecule has 0 spiro atoms. The van der Waals surface area contributed by atoms with E-state index in [4.69, 9.17) is 42.0 Å². The number of benzene rings is 3. The summed E-state index contributed by atoms with van der Waals surface area (Å²) in [4.78, 5) is 38.8. The van der Waals surface area contributed by atoms with Crippen LogP contribution in [0.1, 0.15) is 71.6 Å². The summed E-state index contributed by atoms with van der Waals surface area (Å²) in [6.07, 6.45) is 1.71. The molecule has 0 saturated carbocycles. The number of thiophene rings is 1. The average molecular weight is 745 g/mol. The number of amides is 1. The van der Waals surface area contributed by atoms with Crippen LogP contribution in [-0.2, 0) is 16.0 Å². The number of fused-ring (bicyclic) bond motifs is 1. The minimum atomic E-state index is -0.487. The number of aliphatic imine (C=N–C) groups is 1. The fourth-order valence-corrected chi connectivity index (χ4v) is 6.59. The van der Waals surface area contributed by atoms with E-state index in [1.807, 2.05) is 81.4 Å². The largest absolute Gasteiger partial charge is 0.483 e. The Balaban J connectivity index is 0.000000321. The van der Waals surface area contributed by atoms with Gasteiger partial charge in [-0.2, -0.15) is 0 Å². The summed E-state index contributed by atoms with van der Waals surface area (Å²) in [7, 11) is 1.80. The van der Waals surface area contributed by atoms with Crippen molar-refractivity contribution in [3.63, 3.8) is 0 Å². The highest BCUT2D eigenvalue weighted by molar-refractivity contribution is 7.17. The number of hydrogen-bond donors (Lipinski definition) is 5. The fraction of sp³-hybridized carbons (Fsp3) is 0.282. The number of hydrogen-bond acceptors (Lipinski definition) is 9. The van der Waals surface area contributed by atoms with E-state index in [-0.39, 0.29) is 6.47 Å². The number of carbonyl (C=O) groups is 3. The second kappa shape index (κ2) is 18.8. The van der Waals surface area contributed by atoms with E-state index in [1.165, 1.54) is 0 Å². The monoisotopic (exact) mass is 744 g/mol. The zero-order valence-electron chi connectivity index (χ0n) is 30.3. The van der Waals surface area contributed by atoms with E-state index in [9.17, 15) is 9.59 Å². The zero-order chi connectivity index (χ0) is 38.6. The number of ether oxygens (including phenoxy) is 1. The van der Waals surface area contributed by atoms with Crippen LogP contribution >= 0.6 is 22.9 Å². The number of para-hydroxylation sites is 2. The molecule has 2 heterocycles. The smallest absolute Gasteiger partial charge is 0.412 e. The van der Waals surface area contributed by atoms with Crippen molar-refractivity contribution >= 4 is 75.5 Å². The third-order valence-electron chi connectivity index (χ3n) is 7.76. The van der Waals surface area contributed by atoms with Gasteiger partial charge in [-0.05, 0) is 89.8 Å². The molecule has 1 aromatic heterocycles. The summed E-state index contributed by atoms with van der Waals surface area (Å²) < 4.78 is 5.16. The molecule has 4 aromatic rings. The summed E-state index contributed by atoms with van der Waals surface area (Å²) in [6, 6.07) is 22.2. The van der Waals surface area contributed by atoms with Gasteiger partial charge in [-0.15, -0.1) is 11.3 Å². The molecule has 1 atom stereocenters. The van der Waals surface area contributed by atoms with E-state index in [2.05, 4.69) is 24.5 Å². The number of nitrogens with one attached hydrogen (secondary N) is 4. The Hall–Kier alpha value is -5.33. The Morgan fingerprint density at radius 3 is 2.17 bits per heavy atom. The van der Waals surface area contributed by atoms with Gasteiger partial charge in [-0.25, -0.2) is 4.79 Å². The second-order valence-corrected chi connectivity index (χ2v) is 14.3. The average Bonchev–Trinajstić information content (AvgIpc) is 3.30. The van der Waals surface area contributed by atoms with Crippen LogP contribution in [0.2, 0.25) is 5.02 Å². The van der Waals surface area contributed by atoms with Gasteiger partial charge in [0.2, 0.25) is 0 Å². The maximum atomic E-state index is 11.5. The van der Waals surface area contributed by atoms with Crippen LogP contribution < -0.4 is 15.5 Å². The third kappa shape index (κ3) is 11.1. The van der Waals surface area contributed by atoms with Gasteiger partial charge >= 0.3 is 6.09 Å². The van der Waals surface area contributed by atoms with Gasteiger partial charge in [0.05, 0.1) is 17.1 Å². The van der Waals surface area contributed by atoms with Gasteiger partial charge in [-0.1, -0.05) is 60.1 Å². The molecule has 11 nitrogen and oxygen atoms in total. The number of carboxylic acid groups (broad SMARTS) is 1. The molecule has 52 heavy (non-hydrogen) atoms. The summed E-state index contributed by atoms with van der Waals surface area (Å²) in [5.74, 6) is 0.605. The molecule has 0 aliphatic carbocycles. The molecule has 0 radical (unpaired) electrons. The summed E-state index contributed by atoms with van der Waals surface area (Å²) in [5, 5.41) is 31.6. The number of halogens is 1. The predicted molar refractivity (Wildman–Crippen MR) is 213 cm³/mol. The number of aryl methyl sites for hydroxylation is 2. The van der Waals surface area contributed by atoms with Crippen LogP contribution in [0.3, 0.4) is 0 Å². The lowest BCUT2D eigenvalue weighted by Gasteiger charge is -2.25. The molecule has 0 fully saturated rings. The van der Waals surface area contributed by atoms with E-state index < -0.39 is 17.7 Å². The third-order valence-corrected chi connectivity index (χ3v) is 9.20. The van der Waals surface area contributed by atoms with Crippen LogP contribution in [0.4, 0.5) is 21.2 Å². The van der Waals surface area contributed by atoms with Crippen molar-refractivity contribution in [2.45, 2.75) is 66.0 Å². The van der Waals surface area contributed by atoms with Gasteiger partial charge in [0, 0.05) is 33.6 Å². The van der Waals surface area contributed by atoms with Crippen LogP contribution in [0.25, 0.3) is 0 Å². The number of rotatable bonds is 7. The van der Waals surface area contributed by atoms with Crippen molar-refractivity contribution < 1.29 is 24.2 Å². The first-order valence-corrected chi connectivity index (χ1v) is 17.6. The first-order valence-electron chi connectivity index (χ1n) is 16.4. The van der Waals surface area contributed by atoms with Gasteiger partial charge in [0.1, 0.15) is 34.6 Å². The van der Waals surface area contributed by atoms with Gasteiger partial charge in [0.15, 0.2) is 0 Å². The number of nitrogens with zero attached hydrogens (tertiary/aromatic N) is 2. The van der Waals surface area contributed by atoms with Crippen molar-refractivity contribution in [2.75, 3.05) is 22.6 Å². The van der Waals surface area contributed by atoms with Gasteiger partial charge < -0.3 is 15.2 Å². The molecule has 3 aromatic carbocycles. The van der Waals surface area contributed by atoms with E-state index in [0.29, 0.717) is 40.8 Å². The molecule has 1 amide bonds. The number of aldehydes is 1. The molecule has 5 rings (SSSR count). The van der Waals surface area contributed by atoms with Crippen molar-refractivity contribution in [3.8, 4) is 0 Å². The number of anilines is 3. The zero-order valence-corrected chi connectivity index (χ0v) is 31.9. The molecule has 1 unspecified atom stereocenters. The lowest BCUT2D eigenvalue weighted by Crippen LogP contribution is -2.40. The van der Waals surface area contributed by atoms with Crippen LogP contribution in [-0.4, -0.2) is 60.0 Å². The quantitative estimate of drug-likeness (QED) is 0.0714. The first kappa shape index (κ1) is 41.1. The molecule has 5 N–H and O–H groups in total. The predicted octanol–water partition coefficient (Wildman–Crippen LogP) is 9.24. The normalized spacial score (nSPS) is 13.5. The Morgan fingerprint density at radius 1 is 1.04 bits per heavy atom. The minimum absolute atomic E-state index is 0.250. The lowest BCUT2D eigenvalue weighted by atomic mass is 9.99. The van der Waals surface area contributed by atoms with Gasteiger partial charge in [-0.3, -0.25) is 35.6 Å². The Bertz CT molecular complexity index is 1920. The standard InChI is InChI=1S/C26H25ClN4OS.C12H18N2O2.CH2O2/c1-15-16(2)33-26-23(15)24(20-9-11-21(27)12-10-20)30-22(25(29)31(26)17(3)28)13-8-18-4-6-19(14-32)7-5-18;1-12(2,3)16-11(15)14-10-8-6-5-7-9(10)13-4;2-1-3/h4-7,9-12,14,22,28-29H,8,13H2,1-3H3;5-8,13H,1-4H3,(H,14,15);1H,(H,2,3). The Kier molecular flexibility index (Phi) is 14.8. The molecule has 1 aliphatic heterocycles. The topological polar surface area (TPSA) is 168 Å². The Labute approximate surface area is 313 Å². The van der Waals surface area contributed by atoms with Crippen molar-refractivity contribution in [1.29, 1.82) is 10.8 Å². The van der Waals surface area contributed by atoms with E-state index >= 15 is 0 Å². The summed E-state index contributed by atoms with van der Waals surface area (Å²) >= 11 is 7.74. The number of carbonyl (C=O) groups excluding carboxylic acids is 2. The van der Waals surface area contributed by atoms with E-state index in [0.717, 1.165) is 49.8 Å². The molecule has 1 aliphatic rings. The Morgan fingerprint density at radius 2 is 1.63 bits per heavy atom. The molecule has 0 bridgehead atoms. The maximum Gasteiger partial charge on any atom is 0.412 e. The SMILES string of the molecule is CC(=N)N1C(=N)C(CCc2ccc(C=O)cc2)N=C(c2ccc(Cl)cc2)c2c1sc(C)c2C.CNc1ccccc1NC(=O)OC(C)(C)C.O=CO. The number of amidine groups is 2. The lowest BCUT2D eigenvalue weighted by molar-refractivity contribution is -0.122. The van der Waals surface area contributed by atoms with Crippen molar-refractivity contribution in [1.82, 2.24) is 0 Å². The minimum Gasteiger partial charge on any atom is -0.483 e. The van der Waals surface area contributed by atoms with Crippen LogP contribution in [0.15, 0.2) is 77.8 Å². The van der Waals surface area contributed by atoms with E-state index in [1.54, 1.807) is 42.3 Å². The molecule has 0 saturated heterocycles. The molecule has 13 heteroatoms. The second-order valence-electron chi connectivity index (χ2n) is 12.7. The highest BCUT2D eigenvalue weighted by Gasteiger charge is 2.33. The first-order chi connectivity index (χ1) is 24.6. The highest BCUT2D eigenvalue weighted by Crippen LogP contribution is 2.40. The molecular weight excluding hydrogens is 700 g/mol. The van der Waals surface area contributed by atoms with Crippen LogP contribution in [0.5, 0.6) is 0 Å². The molecule has 274 valence electrons. The maximum absolute atomic E-state index is 11.5. The van der Waals surface area contributed by atoms with Crippen molar-refractivity contribution in [2.24, 2.45) is 4.99 Å².